The number of esters is 1. The van der Waals surface area contributed by atoms with Crippen molar-refractivity contribution in [3.63, 3.8) is 0 Å². The van der Waals surface area contributed by atoms with E-state index >= 15 is 0 Å². The largest absolute Gasteiger partial charge is 0.454 e. The molecule has 2 nitrogen and oxygen atoms in total. The van der Waals surface area contributed by atoms with Crippen LogP contribution in [0.5, 0.6) is 0 Å². The molecule has 0 bridgehead atoms. The first-order valence-electron chi connectivity index (χ1n) is 7.13. The van der Waals surface area contributed by atoms with Gasteiger partial charge in [0.05, 0.1) is 5.56 Å². The summed E-state index contributed by atoms with van der Waals surface area (Å²) in [7, 11) is 0. The van der Waals surface area contributed by atoms with Crippen LogP contribution >= 0.6 is 0 Å². The number of ether oxygens (including phenoxy) is 1. The summed E-state index contributed by atoms with van der Waals surface area (Å²) in [5.41, 5.74) is -0.910. The van der Waals surface area contributed by atoms with Crippen molar-refractivity contribution >= 4 is 5.97 Å². The highest BCUT2D eigenvalue weighted by atomic mass is 19.4. The van der Waals surface area contributed by atoms with E-state index in [0.29, 0.717) is 18.4 Å². The molecule has 0 saturated heterocycles. The maximum atomic E-state index is 13.1. The summed E-state index contributed by atoms with van der Waals surface area (Å²) in [6.07, 6.45) is -0.525. The van der Waals surface area contributed by atoms with E-state index in [2.05, 4.69) is 0 Å². The van der Waals surface area contributed by atoms with Crippen molar-refractivity contribution in [1.29, 1.82) is 0 Å². The van der Waals surface area contributed by atoms with Crippen LogP contribution in [-0.4, -0.2) is 5.97 Å². The van der Waals surface area contributed by atoms with E-state index in [1.165, 1.54) is 19.9 Å². The van der Waals surface area contributed by atoms with Crippen LogP contribution in [0.2, 0.25) is 0 Å². The van der Waals surface area contributed by atoms with Crippen LogP contribution in [0.25, 0.3) is 0 Å². The lowest BCUT2D eigenvalue weighted by Gasteiger charge is -2.38. The second-order valence-electron chi connectivity index (χ2n) is 5.62. The number of carbonyl (C=O) groups is 1. The number of rotatable bonds is 2. The third-order valence-corrected chi connectivity index (χ3v) is 4.13. The second kappa shape index (κ2) is 5.70. The van der Waals surface area contributed by atoms with Crippen LogP contribution in [-0.2, 0) is 21.3 Å². The normalized spacial score (nSPS) is 18.3. The maximum Gasteiger partial charge on any atom is 0.416 e. The van der Waals surface area contributed by atoms with Crippen molar-refractivity contribution in [2.75, 3.05) is 0 Å². The van der Waals surface area contributed by atoms with Gasteiger partial charge in [-0.1, -0.05) is 18.6 Å². The molecule has 5 heteroatoms. The van der Waals surface area contributed by atoms with Gasteiger partial charge in [0.1, 0.15) is 5.60 Å². The van der Waals surface area contributed by atoms with Crippen molar-refractivity contribution in [3.8, 4) is 0 Å². The third-order valence-electron chi connectivity index (χ3n) is 4.13. The number of hydrogen-bond donors (Lipinski definition) is 0. The van der Waals surface area contributed by atoms with Gasteiger partial charge < -0.3 is 4.74 Å². The number of carbonyl (C=O) groups excluding carboxylic acids is 1. The molecule has 1 fully saturated rings. The van der Waals surface area contributed by atoms with E-state index in [0.717, 1.165) is 25.3 Å². The summed E-state index contributed by atoms with van der Waals surface area (Å²) >= 11 is 0. The molecular weight excluding hydrogens is 281 g/mol. The van der Waals surface area contributed by atoms with E-state index in [4.69, 9.17) is 4.74 Å². The molecule has 0 spiro atoms. The van der Waals surface area contributed by atoms with Gasteiger partial charge >= 0.3 is 12.1 Å². The quantitative estimate of drug-likeness (QED) is 0.738. The Balaban J connectivity index is 2.53. The molecule has 0 atom stereocenters. The molecule has 1 aliphatic rings. The van der Waals surface area contributed by atoms with Crippen molar-refractivity contribution in [2.45, 2.75) is 57.7 Å². The number of alkyl halides is 3. The highest BCUT2D eigenvalue weighted by Crippen LogP contribution is 2.44. The molecule has 1 aliphatic carbocycles. The zero-order valence-corrected chi connectivity index (χ0v) is 12.2. The van der Waals surface area contributed by atoms with Gasteiger partial charge in [-0.2, -0.15) is 13.2 Å². The lowest BCUT2D eigenvalue weighted by molar-refractivity contribution is -0.162. The Labute approximate surface area is 122 Å². The zero-order chi connectivity index (χ0) is 15.7. The molecule has 0 amide bonds. The molecule has 1 saturated carbocycles. The first kappa shape index (κ1) is 15.9. The van der Waals surface area contributed by atoms with Gasteiger partial charge in [-0.15, -0.1) is 0 Å². The maximum absolute atomic E-state index is 13.1. The molecule has 21 heavy (non-hydrogen) atoms. The lowest BCUT2D eigenvalue weighted by Crippen LogP contribution is -2.35. The Bertz CT molecular complexity index is 529. The van der Waals surface area contributed by atoms with Gasteiger partial charge in [-0.25, -0.2) is 0 Å². The minimum atomic E-state index is -4.40. The SMILES string of the molecule is CC(=O)OC1(c2cccc(C(F)(F)F)c2C)CCCCC1. The second-order valence-corrected chi connectivity index (χ2v) is 5.62. The average molecular weight is 300 g/mol. The van der Waals surface area contributed by atoms with Crippen molar-refractivity contribution in [2.24, 2.45) is 0 Å². The van der Waals surface area contributed by atoms with Crippen molar-refractivity contribution in [3.05, 3.63) is 34.9 Å². The summed E-state index contributed by atoms with van der Waals surface area (Å²) in [6, 6.07) is 4.12. The van der Waals surface area contributed by atoms with E-state index in [1.54, 1.807) is 6.07 Å². The molecule has 0 aliphatic heterocycles. The predicted molar refractivity (Wildman–Crippen MR) is 72.7 cm³/mol. The highest BCUT2D eigenvalue weighted by Gasteiger charge is 2.41. The Kier molecular flexibility index (Phi) is 4.30. The fourth-order valence-electron chi connectivity index (χ4n) is 3.26. The van der Waals surface area contributed by atoms with E-state index in [9.17, 15) is 18.0 Å². The number of hydrogen-bond acceptors (Lipinski definition) is 2. The van der Waals surface area contributed by atoms with Gasteiger partial charge in [-0.05, 0) is 49.8 Å². The lowest BCUT2D eigenvalue weighted by atomic mass is 9.77. The Morgan fingerprint density at radius 1 is 1.19 bits per heavy atom. The van der Waals surface area contributed by atoms with Gasteiger partial charge in [0.25, 0.3) is 0 Å². The van der Waals surface area contributed by atoms with Gasteiger partial charge in [0.2, 0.25) is 0 Å². The first-order valence-corrected chi connectivity index (χ1v) is 7.13. The van der Waals surface area contributed by atoms with E-state index in [1.807, 2.05) is 0 Å². The molecule has 0 aromatic heterocycles. The molecular formula is C16H19F3O2. The summed E-state index contributed by atoms with van der Waals surface area (Å²) in [6.45, 7) is 2.76. The molecule has 2 rings (SSSR count). The monoisotopic (exact) mass is 300 g/mol. The van der Waals surface area contributed by atoms with Gasteiger partial charge in [0.15, 0.2) is 0 Å². The van der Waals surface area contributed by atoms with Crippen LogP contribution in [0.3, 0.4) is 0 Å². The minimum absolute atomic E-state index is 0.160. The molecule has 1 aromatic carbocycles. The van der Waals surface area contributed by atoms with Gasteiger partial charge in [-0.3, -0.25) is 4.79 Å². The summed E-state index contributed by atoms with van der Waals surface area (Å²) < 4.78 is 44.7. The molecule has 116 valence electrons. The molecule has 0 N–H and O–H groups in total. The summed E-state index contributed by atoms with van der Waals surface area (Å²) in [4.78, 5) is 11.4. The van der Waals surface area contributed by atoms with Crippen molar-refractivity contribution < 1.29 is 22.7 Å². The standard InChI is InChI=1S/C16H19F3O2/c1-11-13(7-6-8-14(11)16(17,18)19)15(21-12(2)20)9-4-3-5-10-15/h6-8H,3-5,9-10H2,1-2H3. The molecule has 0 unspecified atom stereocenters. The van der Waals surface area contributed by atoms with Crippen LogP contribution in [0.15, 0.2) is 18.2 Å². The summed E-state index contributed by atoms with van der Waals surface area (Å²) in [5.74, 6) is -0.450. The van der Waals surface area contributed by atoms with E-state index in [-0.39, 0.29) is 5.56 Å². The predicted octanol–water partition coefficient (Wildman–Crippen LogP) is 4.74. The van der Waals surface area contributed by atoms with E-state index < -0.39 is 23.3 Å². The molecule has 1 aromatic rings. The Hall–Kier alpha value is -1.52. The number of benzene rings is 1. The zero-order valence-electron chi connectivity index (χ0n) is 12.2. The summed E-state index contributed by atoms with van der Waals surface area (Å²) in [5, 5.41) is 0. The third kappa shape index (κ3) is 3.22. The Morgan fingerprint density at radius 2 is 1.81 bits per heavy atom. The van der Waals surface area contributed by atoms with Crippen LogP contribution in [0, 0.1) is 6.92 Å². The minimum Gasteiger partial charge on any atom is -0.454 e. The molecule has 0 heterocycles. The van der Waals surface area contributed by atoms with Crippen molar-refractivity contribution in [1.82, 2.24) is 0 Å². The van der Waals surface area contributed by atoms with Crippen LogP contribution < -0.4 is 0 Å². The van der Waals surface area contributed by atoms with Crippen LogP contribution in [0.4, 0.5) is 13.2 Å². The van der Waals surface area contributed by atoms with Crippen LogP contribution in [0.1, 0.15) is 55.7 Å². The fourth-order valence-corrected chi connectivity index (χ4v) is 3.26. The topological polar surface area (TPSA) is 26.3 Å². The molecule has 0 radical (unpaired) electrons. The fraction of sp³-hybridized carbons (Fsp3) is 0.562. The average Bonchev–Trinajstić information content (AvgIpc) is 2.37. The smallest absolute Gasteiger partial charge is 0.416 e. The first-order chi connectivity index (χ1) is 9.76. The number of halogens is 3. The Morgan fingerprint density at radius 3 is 2.33 bits per heavy atom. The highest BCUT2D eigenvalue weighted by molar-refractivity contribution is 5.67. The van der Waals surface area contributed by atoms with Gasteiger partial charge in [0, 0.05) is 6.92 Å².